The molecule has 1 aliphatic rings. The smallest absolute Gasteiger partial charge is 0.408 e. The first kappa shape index (κ1) is 26.7. The third-order valence-electron chi connectivity index (χ3n) is 5.68. The van der Waals surface area contributed by atoms with Crippen LogP contribution in [0.3, 0.4) is 0 Å². The number of ether oxygens (including phenoxy) is 1. The first-order valence-corrected chi connectivity index (χ1v) is 11.1. The molecule has 1 rings (SSSR count). The third kappa shape index (κ3) is 9.57. The van der Waals surface area contributed by atoms with Gasteiger partial charge in [0.25, 0.3) is 0 Å². The van der Waals surface area contributed by atoms with Gasteiger partial charge in [0, 0.05) is 12.5 Å². The second-order valence-corrected chi connectivity index (χ2v) is 9.54. The van der Waals surface area contributed by atoms with Gasteiger partial charge < -0.3 is 25.8 Å². The average molecular weight is 442 g/mol. The van der Waals surface area contributed by atoms with E-state index in [9.17, 15) is 19.2 Å². The molecule has 4 N–H and O–H groups in total. The van der Waals surface area contributed by atoms with Crippen molar-refractivity contribution in [3.63, 3.8) is 0 Å². The Morgan fingerprint density at radius 1 is 1.03 bits per heavy atom. The summed E-state index contributed by atoms with van der Waals surface area (Å²) in [5.41, 5.74) is -0.645. The molecule has 0 saturated heterocycles. The van der Waals surface area contributed by atoms with Crippen molar-refractivity contribution in [3.05, 3.63) is 0 Å². The van der Waals surface area contributed by atoms with Crippen LogP contribution in [0.5, 0.6) is 0 Å². The maximum Gasteiger partial charge on any atom is 0.408 e. The summed E-state index contributed by atoms with van der Waals surface area (Å²) >= 11 is 0. The van der Waals surface area contributed by atoms with E-state index in [2.05, 4.69) is 16.0 Å². The van der Waals surface area contributed by atoms with E-state index in [1.165, 1.54) is 6.92 Å². The van der Waals surface area contributed by atoms with Crippen molar-refractivity contribution in [1.29, 1.82) is 0 Å². The van der Waals surface area contributed by atoms with Gasteiger partial charge in [0.05, 0.1) is 0 Å². The standard InChI is InChI=1S/C22H39N3O6/c1-7-13(2)17(25-21(30)31-22(4,5)6)19(27)23-12-15-8-10-16(11-9-15)18(26)24-14(3)20(28)29/h13-17H,7-12H2,1-6H3,(H,23,27)(H,24,26)(H,25,30)(H,28,29)/t13-,14+,15?,16?,17+/m1/s1. The monoisotopic (exact) mass is 441 g/mol. The zero-order valence-corrected chi connectivity index (χ0v) is 19.6. The predicted octanol–water partition coefficient (Wildman–Crippen LogP) is 2.44. The lowest BCUT2D eigenvalue weighted by Gasteiger charge is -2.30. The van der Waals surface area contributed by atoms with Gasteiger partial charge in [-0.3, -0.25) is 14.4 Å². The normalized spacial score (nSPS) is 21.9. The lowest BCUT2D eigenvalue weighted by Crippen LogP contribution is -2.52. The molecule has 0 bridgehead atoms. The minimum Gasteiger partial charge on any atom is -0.480 e. The largest absolute Gasteiger partial charge is 0.480 e. The molecule has 3 atom stereocenters. The maximum absolute atomic E-state index is 12.7. The number of rotatable bonds is 9. The Bertz CT molecular complexity index is 638. The Hall–Kier alpha value is -2.32. The van der Waals surface area contributed by atoms with Gasteiger partial charge in [-0.1, -0.05) is 20.3 Å². The number of aliphatic carboxylic acids is 1. The average Bonchev–Trinajstić information content (AvgIpc) is 2.68. The van der Waals surface area contributed by atoms with Crippen molar-refractivity contribution >= 4 is 23.9 Å². The van der Waals surface area contributed by atoms with Gasteiger partial charge in [-0.15, -0.1) is 0 Å². The van der Waals surface area contributed by atoms with Crippen molar-refractivity contribution in [2.75, 3.05) is 6.54 Å². The molecular weight excluding hydrogens is 402 g/mol. The number of carbonyl (C=O) groups is 4. The fraction of sp³-hybridized carbons (Fsp3) is 0.818. The Labute approximate surface area is 185 Å². The molecule has 0 spiro atoms. The van der Waals surface area contributed by atoms with Crippen molar-refractivity contribution in [3.8, 4) is 0 Å². The molecule has 1 saturated carbocycles. The molecule has 0 aromatic heterocycles. The molecule has 31 heavy (non-hydrogen) atoms. The van der Waals surface area contributed by atoms with Crippen molar-refractivity contribution < 1.29 is 29.0 Å². The molecule has 9 nitrogen and oxygen atoms in total. The fourth-order valence-electron chi connectivity index (χ4n) is 3.51. The lowest BCUT2D eigenvalue weighted by molar-refractivity contribution is -0.142. The summed E-state index contributed by atoms with van der Waals surface area (Å²) in [5, 5.41) is 17.1. The van der Waals surface area contributed by atoms with Gasteiger partial charge in [0.2, 0.25) is 11.8 Å². The van der Waals surface area contributed by atoms with Crippen LogP contribution in [-0.4, -0.2) is 53.2 Å². The highest BCUT2D eigenvalue weighted by atomic mass is 16.6. The third-order valence-corrected chi connectivity index (χ3v) is 5.68. The van der Waals surface area contributed by atoms with Crippen LogP contribution in [0.4, 0.5) is 4.79 Å². The number of alkyl carbamates (subject to hydrolysis) is 1. The minimum absolute atomic E-state index is 0.0526. The predicted molar refractivity (Wildman–Crippen MR) is 116 cm³/mol. The van der Waals surface area contributed by atoms with Gasteiger partial charge in [-0.05, 0) is 65.2 Å². The van der Waals surface area contributed by atoms with Crippen LogP contribution < -0.4 is 16.0 Å². The minimum atomic E-state index is -1.05. The zero-order chi connectivity index (χ0) is 23.8. The Morgan fingerprint density at radius 3 is 2.10 bits per heavy atom. The number of amides is 3. The summed E-state index contributed by atoms with van der Waals surface area (Å²) in [5.74, 6) is -1.53. The Morgan fingerprint density at radius 2 is 1.61 bits per heavy atom. The molecule has 178 valence electrons. The number of nitrogens with one attached hydrogen (secondary N) is 3. The molecular formula is C22H39N3O6. The van der Waals surface area contributed by atoms with E-state index in [1.54, 1.807) is 20.8 Å². The molecule has 9 heteroatoms. The SMILES string of the molecule is CC[C@@H](C)[C@H](NC(=O)OC(C)(C)C)C(=O)NCC1CCC(C(=O)N[C@@H](C)C(=O)O)CC1. The zero-order valence-electron chi connectivity index (χ0n) is 19.6. The van der Waals surface area contributed by atoms with Crippen LogP contribution in [0, 0.1) is 17.8 Å². The quantitative estimate of drug-likeness (QED) is 0.434. The van der Waals surface area contributed by atoms with E-state index >= 15 is 0 Å². The van der Waals surface area contributed by atoms with Crippen molar-refractivity contribution in [2.45, 2.75) is 91.3 Å². The second kappa shape index (κ2) is 11.9. The van der Waals surface area contributed by atoms with Crippen LogP contribution in [0.15, 0.2) is 0 Å². The van der Waals surface area contributed by atoms with Crippen LogP contribution in [0.2, 0.25) is 0 Å². The van der Waals surface area contributed by atoms with Gasteiger partial charge in [-0.25, -0.2) is 4.79 Å². The van der Waals surface area contributed by atoms with E-state index in [4.69, 9.17) is 9.84 Å². The molecule has 0 aliphatic heterocycles. The highest BCUT2D eigenvalue weighted by molar-refractivity contribution is 5.86. The Kier molecular flexibility index (Phi) is 10.3. The molecule has 0 aromatic carbocycles. The molecule has 1 aliphatic carbocycles. The summed E-state index contributed by atoms with van der Waals surface area (Å²) < 4.78 is 5.28. The molecule has 0 unspecified atom stereocenters. The number of hydrogen-bond donors (Lipinski definition) is 4. The van der Waals surface area contributed by atoms with E-state index in [0.717, 1.165) is 19.3 Å². The number of carbonyl (C=O) groups excluding carboxylic acids is 3. The molecule has 0 aromatic rings. The summed E-state index contributed by atoms with van der Waals surface area (Å²) in [7, 11) is 0. The summed E-state index contributed by atoms with van der Waals surface area (Å²) in [6, 6.07) is -1.58. The summed E-state index contributed by atoms with van der Waals surface area (Å²) in [6.07, 6.45) is 2.96. The summed E-state index contributed by atoms with van der Waals surface area (Å²) in [6.45, 7) is 11.1. The highest BCUT2D eigenvalue weighted by Gasteiger charge is 2.31. The number of hydrogen-bond acceptors (Lipinski definition) is 5. The topological polar surface area (TPSA) is 134 Å². The Balaban J connectivity index is 2.51. The van der Waals surface area contributed by atoms with Gasteiger partial charge in [0.1, 0.15) is 17.7 Å². The van der Waals surface area contributed by atoms with Gasteiger partial charge in [0.15, 0.2) is 0 Å². The lowest BCUT2D eigenvalue weighted by atomic mass is 9.81. The molecule has 0 heterocycles. The van der Waals surface area contributed by atoms with Crippen LogP contribution >= 0.6 is 0 Å². The van der Waals surface area contributed by atoms with Crippen molar-refractivity contribution in [1.82, 2.24) is 16.0 Å². The second-order valence-electron chi connectivity index (χ2n) is 9.54. The van der Waals surface area contributed by atoms with E-state index in [-0.39, 0.29) is 29.6 Å². The first-order valence-electron chi connectivity index (χ1n) is 11.1. The van der Waals surface area contributed by atoms with Crippen molar-refractivity contribution in [2.24, 2.45) is 17.8 Å². The van der Waals surface area contributed by atoms with Gasteiger partial charge in [-0.2, -0.15) is 0 Å². The van der Waals surface area contributed by atoms with Crippen LogP contribution in [-0.2, 0) is 19.1 Å². The van der Waals surface area contributed by atoms with Crippen LogP contribution in [0.1, 0.15) is 73.6 Å². The number of carboxylic acids is 1. The van der Waals surface area contributed by atoms with E-state index in [0.29, 0.717) is 19.4 Å². The summed E-state index contributed by atoms with van der Waals surface area (Å²) in [4.78, 5) is 48.0. The highest BCUT2D eigenvalue weighted by Crippen LogP contribution is 2.28. The van der Waals surface area contributed by atoms with Crippen LogP contribution in [0.25, 0.3) is 0 Å². The fourth-order valence-corrected chi connectivity index (χ4v) is 3.51. The van der Waals surface area contributed by atoms with E-state index in [1.807, 2.05) is 13.8 Å². The van der Waals surface area contributed by atoms with Gasteiger partial charge >= 0.3 is 12.1 Å². The first-order chi connectivity index (χ1) is 14.3. The maximum atomic E-state index is 12.7. The van der Waals surface area contributed by atoms with E-state index < -0.39 is 29.7 Å². The molecule has 0 radical (unpaired) electrons. The molecule has 1 fully saturated rings. The molecule has 3 amide bonds. The number of carboxylic acid groups (broad SMARTS) is 1.